The van der Waals surface area contributed by atoms with Crippen LogP contribution in [-0.2, 0) is 0 Å². The van der Waals surface area contributed by atoms with Crippen LogP contribution in [0.2, 0.25) is 0 Å². The van der Waals surface area contributed by atoms with Crippen LogP contribution >= 0.6 is 15.9 Å². The smallest absolute Gasteiger partial charge is 0.271 e. The number of halogens is 1. The van der Waals surface area contributed by atoms with Crippen LogP contribution in [0.5, 0.6) is 5.75 Å². The normalized spacial score (nSPS) is 10.6. The summed E-state index contributed by atoms with van der Waals surface area (Å²) < 4.78 is 5.82. The Morgan fingerprint density at radius 1 is 1.47 bits per heavy atom. The predicted octanol–water partition coefficient (Wildman–Crippen LogP) is 2.55. The van der Waals surface area contributed by atoms with Gasteiger partial charge in [-0.3, -0.25) is 4.79 Å². The minimum Gasteiger partial charge on any atom is -0.496 e. The molecule has 0 aliphatic heterocycles. The lowest BCUT2D eigenvalue weighted by Crippen LogP contribution is -2.17. The van der Waals surface area contributed by atoms with Crippen LogP contribution in [0.15, 0.2) is 46.1 Å². The summed E-state index contributed by atoms with van der Waals surface area (Å²) in [6, 6.07) is 8.76. The van der Waals surface area contributed by atoms with Crippen molar-refractivity contribution in [3.8, 4) is 5.75 Å². The molecule has 0 aliphatic carbocycles. The number of aromatic nitrogens is 1. The van der Waals surface area contributed by atoms with Gasteiger partial charge in [0, 0.05) is 11.8 Å². The predicted molar refractivity (Wildman–Crippen MR) is 76.5 cm³/mol. The van der Waals surface area contributed by atoms with E-state index in [0.29, 0.717) is 11.3 Å². The molecule has 6 heteroatoms. The Hall–Kier alpha value is -2.08. The summed E-state index contributed by atoms with van der Waals surface area (Å²) in [7, 11) is 1.57. The van der Waals surface area contributed by atoms with Gasteiger partial charge in [-0.05, 0) is 46.3 Å². The van der Waals surface area contributed by atoms with Gasteiger partial charge < -0.3 is 9.72 Å². The van der Waals surface area contributed by atoms with Crippen LogP contribution in [0.25, 0.3) is 0 Å². The molecule has 2 N–H and O–H groups in total. The highest BCUT2D eigenvalue weighted by atomic mass is 79.9. The fourth-order valence-corrected chi connectivity index (χ4v) is 2.00. The molecule has 0 radical (unpaired) electrons. The van der Waals surface area contributed by atoms with E-state index in [0.717, 1.165) is 10.2 Å². The first-order chi connectivity index (χ1) is 9.20. The molecule has 2 aromatic rings. The molecule has 0 atom stereocenters. The molecular weight excluding hydrogens is 310 g/mol. The molecule has 2 rings (SSSR count). The number of nitrogens with zero attached hydrogens (tertiary/aromatic N) is 1. The van der Waals surface area contributed by atoms with Gasteiger partial charge in [-0.2, -0.15) is 5.10 Å². The molecule has 0 spiro atoms. The third-order valence-electron chi connectivity index (χ3n) is 2.41. The topological polar surface area (TPSA) is 66.5 Å². The second kappa shape index (κ2) is 6.19. The Bertz CT molecular complexity index is 594. The number of rotatable bonds is 4. The number of aromatic amines is 1. The Morgan fingerprint density at radius 3 is 2.95 bits per heavy atom. The number of methoxy groups -OCH3 is 1. The van der Waals surface area contributed by atoms with Crippen molar-refractivity contribution in [3.05, 3.63) is 52.3 Å². The van der Waals surface area contributed by atoms with Gasteiger partial charge in [0.25, 0.3) is 5.91 Å². The highest BCUT2D eigenvalue weighted by Gasteiger charge is 2.07. The number of nitrogens with one attached hydrogen (secondary N) is 2. The summed E-state index contributed by atoms with van der Waals surface area (Å²) in [5.74, 6) is 0.387. The third-order valence-corrected chi connectivity index (χ3v) is 3.03. The maximum atomic E-state index is 11.8. The molecular formula is C13H12BrN3O2. The molecule has 5 nitrogen and oxygen atoms in total. The lowest BCUT2D eigenvalue weighted by atomic mass is 10.2. The third kappa shape index (κ3) is 3.45. The number of H-pyrrole nitrogens is 1. The SMILES string of the molecule is COc1ccc(C(=O)NN=Cc2ccc[nH]2)cc1Br. The van der Waals surface area contributed by atoms with E-state index in [1.54, 1.807) is 31.5 Å². The zero-order valence-electron chi connectivity index (χ0n) is 10.2. The van der Waals surface area contributed by atoms with Crippen LogP contribution < -0.4 is 10.2 Å². The fraction of sp³-hybridized carbons (Fsp3) is 0.0769. The van der Waals surface area contributed by atoms with E-state index in [4.69, 9.17) is 4.74 Å². The molecule has 1 amide bonds. The minimum absolute atomic E-state index is 0.286. The molecule has 98 valence electrons. The zero-order valence-corrected chi connectivity index (χ0v) is 11.8. The Labute approximate surface area is 118 Å². The first-order valence-electron chi connectivity index (χ1n) is 5.51. The van der Waals surface area contributed by atoms with Crippen molar-refractivity contribution in [1.82, 2.24) is 10.4 Å². The molecule has 0 bridgehead atoms. The average Bonchev–Trinajstić information content (AvgIpc) is 2.91. The van der Waals surface area contributed by atoms with E-state index in [1.807, 2.05) is 12.1 Å². The highest BCUT2D eigenvalue weighted by Crippen LogP contribution is 2.25. The van der Waals surface area contributed by atoms with Gasteiger partial charge in [-0.1, -0.05) is 0 Å². The van der Waals surface area contributed by atoms with Crippen LogP contribution in [0, 0.1) is 0 Å². The Kier molecular flexibility index (Phi) is 4.35. The van der Waals surface area contributed by atoms with E-state index in [2.05, 4.69) is 31.4 Å². The molecule has 0 fully saturated rings. The van der Waals surface area contributed by atoms with Gasteiger partial charge >= 0.3 is 0 Å². The van der Waals surface area contributed by atoms with E-state index in [1.165, 1.54) is 6.21 Å². The summed E-state index contributed by atoms with van der Waals surface area (Å²) in [4.78, 5) is 14.8. The molecule has 0 aliphatic rings. The molecule has 19 heavy (non-hydrogen) atoms. The van der Waals surface area contributed by atoms with E-state index < -0.39 is 0 Å². The van der Waals surface area contributed by atoms with Crippen LogP contribution in [-0.4, -0.2) is 24.2 Å². The summed E-state index contributed by atoms with van der Waals surface area (Å²) >= 11 is 3.33. The first kappa shape index (κ1) is 13.4. The van der Waals surface area contributed by atoms with Crippen molar-refractivity contribution in [2.24, 2.45) is 5.10 Å². The summed E-state index contributed by atoms with van der Waals surface area (Å²) in [5.41, 5.74) is 3.76. The second-order valence-corrected chi connectivity index (χ2v) is 4.53. The van der Waals surface area contributed by atoms with Gasteiger partial charge in [-0.15, -0.1) is 0 Å². The van der Waals surface area contributed by atoms with Crippen LogP contribution in [0.3, 0.4) is 0 Å². The molecule has 0 unspecified atom stereocenters. The number of hydrogen-bond acceptors (Lipinski definition) is 3. The van der Waals surface area contributed by atoms with Gasteiger partial charge in [0.2, 0.25) is 0 Å². The number of carbonyl (C=O) groups excluding carboxylic acids is 1. The lowest BCUT2D eigenvalue weighted by Gasteiger charge is -2.05. The van der Waals surface area contributed by atoms with Gasteiger partial charge in [0.05, 0.1) is 23.5 Å². The first-order valence-corrected chi connectivity index (χ1v) is 6.30. The van der Waals surface area contributed by atoms with Crippen molar-refractivity contribution in [2.75, 3.05) is 7.11 Å². The standard InChI is InChI=1S/C13H12BrN3O2/c1-19-12-5-4-9(7-11(12)14)13(18)17-16-8-10-3-2-6-15-10/h2-8,15H,1H3,(H,17,18). The summed E-state index contributed by atoms with van der Waals surface area (Å²) in [6.45, 7) is 0. The van der Waals surface area contributed by atoms with Gasteiger partial charge in [0.15, 0.2) is 0 Å². The van der Waals surface area contributed by atoms with E-state index in [9.17, 15) is 4.79 Å². The number of hydrazone groups is 1. The average molecular weight is 322 g/mol. The molecule has 1 heterocycles. The summed E-state index contributed by atoms with van der Waals surface area (Å²) in [5, 5.41) is 3.86. The van der Waals surface area contributed by atoms with Crippen LogP contribution in [0.4, 0.5) is 0 Å². The van der Waals surface area contributed by atoms with Crippen LogP contribution in [0.1, 0.15) is 16.1 Å². The number of amides is 1. The van der Waals surface area contributed by atoms with Crippen molar-refractivity contribution in [1.29, 1.82) is 0 Å². The second-order valence-electron chi connectivity index (χ2n) is 3.67. The number of carbonyl (C=O) groups is 1. The van der Waals surface area contributed by atoms with Crippen molar-refractivity contribution >= 4 is 28.1 Å². The quantitative estimate of drug-likeness (QED) is 0.671. The van der Waals surface area contributed by atoms with E-state index >= 15 is 0 Å². The highest BCUT2D eigenvalue weighted by molar-refractivity contribution is 9.10. The zero-order chi connectivity index (χ0) is 13.7. The monoisotopic (exact) mass is 321 g/mol. The molecule has 1 aromatic heterocycles. The number of benzene rings is 1. The molecule has 0 saturated carbocycles. The lowest BCUT2D eigenvalue weighted by molar-refractivity contribution is 0.0955. The Morgan fingerprint density at radius 2 is 2.32 bits per heavy atom. The summed E-state index contributed by atoms with van der Waals surface area (Å²) in [6.07, 6.45) is 3.32. The van der Waals surface area contributed by atoms with Crippen molar-refractivity contribution in [2.45, 2.75) is 0 Å². The molecule has 1 aromatic carbocycles. The Balaban J connectivity index is 2.02. The largest absolute Gasteiger partial charge is 0.496 e. The minimum atomic E-state index is -0.286. The van der Waals surface area contributed by atoms with Crippen molar-refractivity contribution in [3.63, 3.8) is 0 Å². The molecule has 0 saturated heterocycles. The van der Waals surface area contributed by atoms with Crippen molar-refractivity contribution < 1.29 is 9.53 Å². The number of ether oxygens (including phenoxy) is 1. The van der Waals surface area contributed by atoms with E-state index in [-0.39, 0.29) is 5.91 Å². The maximum absolute atomic E-state index is 11.8. The fourth-order valence-electron chi connectivity index (χ4n) is 1.46. The van der Waals surface area contributed by atoms with Gasteiger partial charge in [-0.25, -0.2) is 5.43 Å². The van der Waals surface area contributed by atoms with Gasteiger partial charge in [0.1, 0.15) is 5.75 Å². The maximum Gasteiger partial charge on any atom is 0.271 e. The number of hydrogen-bond donors (Lipinski definition) is 2.